The van der Waals surface area contributed by atoms with Gasteiger partial charge in [-0.25, -0.2) is 0 Å². The summed E-state index contributed by atoms with van der Waals surface area (Å²) >= 11 is 0. The molecule has 4 atom stereocenters. The van der Waals surface area contributed by atoms with Gasteiger partial charge in [0.15, 0.2) is 5.79 Å². The van der Waals surface area contributed by atoms with E-state index in [9.17, 15) is 0 Å². The molecule has 3 heterocycles. The number of epoxide rings is 1. The fraction of sp³-hybridized carbons (Fsp3) is 0.800. The predicted molar refractivity (Wildman–Crippen MR) is 142 cm³/mol. The highest BCUT2D eigenvalue weighted by Crippen LogP contribution is 2.54. The van der Waals surface area contributed by atoms with Gasteiger partial charge in [-0.15, -0.1) is 0 Å². The van der Waals surface area contributed by atoms with E-state index in [0.29, 0.717) is 13.2 Å². The van der Waals surface area contributed by atoms with Gasteiger partial charge in [0.2, 0.25) is 0 Å². The highest BCUT2D eigenvalue weighted by Gasteiger charge is 2.63. The maximum absolute atomic E-state index is 6.73. The molecule has 0 bridgehead atoms. The molecule has 0 radical (unpaired) electrons. The molecule has 1 spiro atoms. The standard InChI is InChI=1S/C30H49NO5/c1-8-16-27(5)21-34-30(35-22-27)20-28(6,9-2)31(29(7,10-3)23(30)4)36-17-15-24-11-13-25(14-12-24)32-18-26-19-33-26/h11-14,23,26H,8-10,15-22H2,1-7H3. The third-order valence-corrected chi connectivity index (χ3v) is 9.21. The third kappa shape index (κ3) is 5.63. The Morgan fingerprint density at radius 1 is 1.00 bits per heavy atom. The van der Waals surface area contributed by atoms with Crippen molar-refractivity contribution in [3.63, 3.8) is 0 Å². The molecular formula is C30H49NO5. The molecule has 0 aromatic heterocycles. The molecule has 0 aliphatic carbocycles. The number of hydrogen-bond donors (Lipinski definition) is 0. The molecule has 0 saturated carbocycles. The molecule has 1 aromatic carbocycles. The van der Waals surface area contributed by atoms with Crippen molar-refractivity contribution in [3.8, 4) is 5.75 Å². The summed E-state index contributed by atoms with van der Waals surface area (Å²) in [6, 6.07) is 8.35. The van der Waals surface area contributed by atoms with Gasteiger partial charge in [0.25, 0.3) is 0 Å². The maximum Gasteiger partial charge on any atom is 0.174 e. The Labute approximate surface area is 218 Å². The van der Waals surface area contributed by atoms with E-state index in [1.165, 1.54) is 5.56 Å². The number of benzene rings is 1. The van der Waals surface area contributed by atoms with Crippen molar-refractivity contribution >= 4 is 0 Å². The van der Waals surface area contributed by atoms with Crippen molar-refractivity contribution in [2.45, 2.75) is 110 Å². The lowest BCUT2D eigenvalue weighted by Gasteiger charge is -2.64. The van der Waals surface area contributed by atoms with E-state index in [-0.39, 0.29) is 28.5 Å². The molecule has 3 aliphatic rings. The third-order valence-electron chi connectivity index (χ3n) is 9.21. The summed E-state index contributed by atoms with van der Waals surface area (Å²) in [4.78, 5) is 6.68. The van der Waals surface area contributed by atoms with Crippen LogP contribution in [0.3, 0.4) is 0 Å². The van der Waals surface area contributed by atoms with Gasteiger partial charge in [0.05, 0.1) is 32.0 Å². The normalized spacial score (nSPS) is 38.9. The molecule has 0 amide bonds. The summed E-state index contributed by atoms with van der Waals surface area (Å²) in [6.45, 7) is 19.6. The second kappa shape index (κ2) is 10.9. The largest absolute Gasteiger partial charge is 0.491 e. The molecule has 1 aromatic rings. The van der Waals surface area contributed by atoms with Crippen molar-refractivity contribution in [2.75, 3.05) is 33.0 Å². The zero-order valence-corrected chi connectivity index (χ0v) is 23.7. The minimum atomic E-state index is -0.566. The van der Waals surface area contributed by atoms with E-state index < -0.39 is 5.79 Å². The lowest BCUT2D eigenvalue weighted by molar-refractivity contribution is -0.409. The van der Waals surface area contributed by atoms with Crippen LogP contribution in [0.2, 0.25) is 0 Å². The van der Waals surface area contributed by atoms with Crippen molar-refractivity contribution in [3.05, 3.63) is 29.8 Å². The Kier molecular flexibility index (Phi) is 8.43. The first-order valence-corrected chi connectivity index (χ1v) is 14.2. The minimum Gasteiger partial charge on any atom is -0.491 e. The lowest BCUT2D eigenvalue weighted by Crippen LogP contribution is -2.73. The molecule has 3 aliphatic heterocycles. The highest BCUT2D eigenvalue weighted by molar-refractivity contribution is 5.27. The van der Waals surface area contributed by atoms with Crippen molar-refractivity contribution in [1.29, 1.82) is 0 Å². The predicted octanol–water partition coefficient (Wildman–Crippen LogP) is 6.17. The van der Waals surface area contributed by atoms with Gasteiger partial charge in [-0.3, -0.25) is 4.84 Å². The van der Waals surface area contributed by atoms with E-state index in [1.807, 2.05) is 12.1 Å². The van der Waals surface area contributed by atoms with Crippen LogP contribution in [0, 0.1) is 11.3 Å². The summed E-state index contributed by atoms with van der Waals surface area (Å²) < 4.78 is 24.4. The van der Waals surface area contributed by atoms with Crippen molar-refractivity contribution in [1.82, 2.24) is 5.06 Å². The van der Waals surface area contributed by atoms with Gasteiger partial charge in [0, 0.05) is 23.3 Å². The second-order valence-corrected chi connectivity index (χ2v) is 12.2. The van der Waals surface area contributed by atoms with Crippen LogP contribution in [0.1, 0.15) is 86.1 Å². The van der Waals surface area contributed by atoms with Crippen LogP contribution >= 0.6 is 0 Å². The topological polar surface area (TPSA) is 52.7 Å². The SMILES string of the molecule is CCCC1(C)COC2(CC(C)(CC)N(OCCc3ccc(OCC4CO4)cc3)C(C)(CC)C2C)OC1. The van der Waals surface area contributed by atoms with Crippen LogP contribution in [0.25, 0.3) is 0 Å². The molecule has 6 nitrogen and oxygen atoms in total. The van der Waals surface area contributed by atoms with Crippen molar-refractivity contribution in [2.24, 2.45) is 11.3 Å². The Bertz CT molecular complexity index is 847. The monoisotopic (exact) mass is 503 g/mol. The van der Waals surface area contributed by atoms with Crippen LogP contribution in [0.15, 0.2) is 24.3 Å². The van der Waals surface area contributed by atoms with E-state index in [1.54, 1.807) is 0 Å². The Morgan fingerprint density at radius 3 is 2.22 bits per heavy atom. The molecular weight excluding hydrogens is 454 g/mol. The molecule has 4 unspecified atom stereocenters. The van der Waals surface area contributed by atoms with Crippen LogP contribution in [-0.4, -0.2) is 61.1 Å². The van der Waals surface area contributed by atoms with Gasteiger partial charge >= 0.3 is 0 Å². The van der Waals surface area contributed by atoms with E-state index in [0.717, 1.165) is 64.1 Å². The van der Waals surface area contributed by atoms with Gasteiger partial charge in [-0.05, 0) is 57.2 Å². The van der Waals surface area contributed by atoms with Crippen molar-refractivity contribution < 1.29 is 23.8 Å². The average molecular weight is 504 g/mol. The Hall–Kier alpha value is -1.18. The number of nitrogens with zero attached hydrogens (tertiary/aromatic N) is 1. The summed E-state index contributed by atoms with van der Waals surface area (Å²) in [6.07, 6.45) is 6.14. The molecule has 3 saturated heterocycles. The molecule has 6 heteroatoms. The quantitative estimate of drug-likeness (QED) is 0.337. The zero-order valence-electron chi connectivity index (χ0n) is 23.7. The Morgan fingerprint density at radius 2 is 1.67 bits per heavy atom. The highest BCUT2D eigenvalue weighted by atomic mass is 16.7. The fourth-order valence-electron chi connectivity index (χ4n) is 6.18. The average Bonchev–Trinajstić information content (AvgIpc) is 3.71. The van der Waals surface area contributed by atoms with Gasteiger partial charge in [0.1, 0.15) is 18.5 Å². The molecule has 0 N–H and O–H groups in total. The molecule has 4 rings (SSSR count). The van der Waals surface area contributed by atoms with Crippen LogP contribution in [-0.2, 0) is 25.5 Å². The van der Waals surface area contributed by atoms with E-state index in [2.05, 4.69) is 65.7 Å². The van der Waals surface area contributed by atoms with E-state index >= 15 is 0 Å². The summed E-state index contributed by atoms with van der Waals surface area (Å²) in [7, 11) is 0. The first kappa shape index (κ1) is 27.8. The van der Waals surface area contributed by atoms with Gasteiger partial charge < -0.3 is 18.9 Å². The molecule has 36 heavy (non-hydrogen) atoms. The van der Waals surface area contributed by atoms with E-state index in [4.69, 9.17) is 23.8 Å². The summed E-state index contributed by atoms with van der Waals surface area (Å²) in [5.41, 5.74) is 0.963. The lowest BCUT2D eigenvalue weighted by atomic mass is 9.66. The summed E-state index contributed by atoms with van der Waals surface area (Å²) in [5, 5.41) is 2.32. The van der Waals surface area contributed by atoms with Crippen LogP contribution < -0.4 is 4.74 Å². The Balaban J connectivity index is 1.42. The zero-order chi connectivity index (χ0) is 26.0. The van der Waals surface area contributed by atoms with Crippen LogP contribution in [0.5, 0.6) is 5.75 Å². The number of ether oxygens (including phenoxy) is 4. The van der Waals surface area contributed by atoms with Gasteiger partial charge in [-0.2, -0.15) is 5.06 Å². The second-order valence-electron chi connectivity index (χ2n) is 12.2. The van der Waals surface area contributed by atoms with Gasteiger partial charge in [-0.1, -0.05) is 53.2 Å². The first-order chi connectivity index (χ1) is 17.1. The number of hydroxylamine groups is 2. The number of hydrogen-bond acceptors (Lipinski definition) is 6. The molecule has 3 fully saturated rings. The number of rotatable bonds is 11. The maximum atomic E-state index is 6.73. The van der Waals surface area contributed by atoms with Crippen LogP contribution in [0.4, 0.5) is 0 Å². The number of piperidine rings is 1. The summed E-state index contributed by atoms with van der Waals surface area (Å²) in [5.74, 6) is 0.502. The minimum absolute atomic E-state index is 0.102. The molecule has 204 valence electrons. The fourth-order valence-corrected chi connectivity index (χ4v) is 6.18. The first-order valence-electron chi connectivity index (χ1n) is 14.2. The smallest absolute Gasteiger partial charge is 0.174 e.